The van der Waals surface area contributed by atoms with Crippen molar-refractivity contribution in [2.45, 2.75) is 195 Å². The van der Waals surface area contributed by atoms with Gasteiger partial charge in [-0.15, -0.1) is 0 Å². The zero-order chi connectivity index (χ0) is 27.1. The maximum absolute atomic E-state index is 11.7. The Morgan fingerprint density at radius 1 is 0.324 bits per heavy atom. The highest BCUT2D eigenvalue weighted by Gasteiger charge is 2.22. The summed E-state index contributed by atoms with van der Waals surface area (Å²) in [4.78, 5) is 0. The monoisotopic (exact) mass is 515 g/mol. The van der Waals surface area contributed by atoms with Crippen LogP contribution in [0.2, 0.25) is 0 Å². The van der Waals surface area contributed by atoms with Gasteiger partial charge >= 0.3 is 0 Å². The third-order valence-electron chi connectivity index (χ3n) is 8.50. The summed E-state index contributed by atoms with van der Waals surface area (Å²) in [5.41, 5.74) is 7.48. The molecule has 0 unspecified atom stereocenters. The summed E-state index contributed by atoms with van der Waals surface area (Å²) in [6.07, 6.45) is 32.1. The lowest BCUT2D eigenvalue weighted by molar-refractivity contribution is 0.455. The van der Waals surface area contributed by atoms with Gasteiger partial charge < -0.3 is 5.11 Å². The highest BCUT2D eigenvalue weighted by atomic mass is 16.3. The van der Waals surface area contributed by atoms with Crippen LogP contribution >= 0.6 is 0 Å². The smallest absolute Gasteiger partial charge is 0.122 e. The summed E-state index contributed by atoms with van der Waals surface area (Å²) < 4.78 is 0. The Kier molecular flexibility index (Phi) is 21.1. The van der Waals surface area contributed by atoms with E-state index in [9.17, 15) is 5.11 Å². The van der Waals surface area contributed by atoms with E-state index in [0.717, 1.165) is 12.8 Å². The fraction of sp³-hybridized carbons (Fsp3) is 0.833. The molecule has 0 aromatic heterocycles. The van der Waals surface area contributed by atoms with Crippen LogP contribution in [0, 0.1) is 0 Å². The maximum atomic E-state index is 11.7. The number of aromatic hydroxyl groups is 1. The van der Waals surface area contributed by atoms with Gasteiger partial charge in [0.1, 0.15) is 5.75 Å². The van der Waals surface area contributed by atoms with E-state index < -0.39 is 0 Å². The average molecular weight is 515 g/mol. The molecule has 216 valence electrons. The Morgan fingerprint density at radius 3 is 0.919 bits per heavy atom. The number of benzene rings is 1. The summed E-state index contributed by atoms with van der Waals surface area (Å²) in [6.45, 7) is 11.5. The van der Waals surface area contributed by atoms with E-state index >= 15 is 0 Å². The molecule has 0 radical (unpaired) electrons. The van der Waals surface area contributed by atoms with Crippen molar-refractivity contribution >= 4 is 0 Å². The van der Waals surface area contributed by atoms with Crippen molar-refractivity contribution in [3.05, 3.63) is 27.8 Å². The van der Waals surface area contributed by atoms with Crippen molar-refractivity contribution in [3.8, 4) is 5.75 Å². The van der Waals surface area contributed by atoms with E-state index in [-0.39, 0.29) is 0 Å². The standard InChI is InChI=1S/C36H66O/c1-6-11-15-19-23-27-32-31(10-5)36(37)35(30-26-22-18-14-9-4)34(29-25-21-17-13-8-3)33(32)28-24-20-16-12-7-2/h37H,6-30H2,1-5H3. The molecule has 37 heavy (non-hydrogen) atoms. The molecule has 0 aliphatic heterocycles. The predicted molar refractivity (Wildman–Crippen MR) is 167 cm³/mol. The van der Waals surface area contributed by atoms with E-state index in [1.54, 1.807) is 16.7 Å². The molecule has 0 saturated heterocycles. The van der Waals surface area contributed by atoms with Crippen LogP contribution in [0.25, 0.3) is 0 Å². The van der Waals surface area contributed by atoms with Gasteiger partial charge in [-0.1, -0.05) is 137 Å². The van der Waals surface area contributed by atoms with Gasteiger partial charge in [0.25, 0.3) is 0 Å². The van der Waals surface area contributed by atoms with Crippen LogP contribution in [-0.4, -0.2) is 5.11 Å². The van der Waals surface area contributed by atoms with Crippen LogP contribution in [-0.2, 0) is 32.1 Å². The van der Waals surface area contributed by atoms with Gasteiger partial charge in [0.05, 0.1) is 0 Å². The first-order valence-electron chi connectivity index (χ1n) is 17.0. The number of phenols is 1. The van der Waals surface area contributed by atoms with Crippen molar-refractivity contribution in [3.63, 3.8) is 0 Å². The molecule has 0 amide bonds. The molecule has 1 N–H and O–H groups in total. The van der Waals surface area contributed by atoms with Gasteiger partial charge in [0.15, 0.2) is 0 Å². The minimum absolute atomic E-state index is 0.694. The Morgan fingerprint density at radius 2 is 0.595 bits per heavy atom. The second kappa shape index (κ2) is 23.0. The fourth-order valence-electron chi connectivity index (χ4n) is 6.19. The van der Waals surface area contributed by atoms with Crippen molar-refractivity contribution in [2.75, 3.05) is 0 Å². The zero-order valence-electron chi connectivity index (χ0n) is 26.1. The second-order valence-electron chi connectivity index (χ2n) is 11.8. The SMILES string of the molecule is CCCCCCCc1c(O)c(CC)c(CCCCCCC)c(CCCCCCC)c1CCCCCCC. The molecule has 0 atom stereocenters. The average Bonchev–Trinajstić information content (AvgIpc) is 2.90. The van der Waals surface area contributed by atoms with Crippen LogP contribution in [0.15, 0.2) is 0 Å². The predicted octanol–water partition coefficient (Wildman–Crippen LogP) is 12.0. The summed E-state index contributed by atoms with van der Waals surface area (Å²) in [7, 11) is 0. The Hall–Kier alpha value is -0.980. The Balaban J connectivity index is 3.29. The van der Waals surface area contributed by atoms with Crippen molar-refractivity contribution < 1.29 is 5.11 Å². The van der Waals surface area contributed by atoms with Crippen molar-refractivity contribution in [2.24, 2.45) is 0 Å². The molecule has 1 aromatic carbocycles. The van der Waals surface area contributed by atoms with Crippen LogP contribution in [0.1, 0.15) is 191 Å². The summed E-state index contributed by atoms with van der Waals surface area (Å²) in [5, 5.41) is 11.7. The van der Waals surface area contributed by atoms with Crippen LogP contribution < -0.4 is 0 Å². The Bertz CT molecular complexity index is 674. The number of unbranched alkanes of at least 4 members (excludes halogenated alkanes) is 16. The second-order valence-corrected chi connectivity index (χ2v) is 11.8. The minimum atomic E-state index is 0.694. The quantitative estimate of drug-likeness (QED) is 0.129. The molecule has 0 fully saturated rings. The molecule has 1 nitrogen and oxygen atoms in total. The number of hydrogen-bond donors (Lipinski definition) is 1. The minimum Gasteiger partial charge on any atom is -0.507 e. The van der Waals surface area contributed by atoms with Gasteiger partial charge in [-0.25, -0.2) is 0 Å². The number of hydrogen-bond acceptors (Lipinski definition) is 1. The van der Waals surface area contributed by atoms with Crippen LogP contribution in [0.3, 0.4) is 0 Å². The first-order valence-corrected chi connectivity index (χ1v) is 17.0. The van der Waals surface area contributed by atoms with Gasteiger partial charge in [-0.3, -0.25) is 0 Å². The summed E-state index contributed by atoms with van der Waals surface area (Å²) >= 11 is 0. The van der Waals surface area contributed by atoms with Crippen molar-refractivity contribution in [1.29, 1.82) is 0 Å². The van der Waals surface area contributed by atoms with Crippen molar-refractivity contribution in [1.82, 2.24) is 0 Å². The highest BCUT2D eigenvalue weighted by Crippen LogP contribution is 2.38. The third kappa shape index (κ3) is 13.6. The van der Waals surface area contributed by atoms with Gasteiger partial charge in [0, 0.05) is 0 Å². The zero-order valence-corrected chi connectivity index (χ0v) is 26.1. The lowest BCUT2D eigenvalue weighted by Gasteiger charge is -2.25. The van der Waals surface area contributed by atoms with E-state index in [4.69, 9.17) is 0 Å². The summed E-state index contributed by atoms with van der Waals surface area (Å²) in [6, 6.07) is 0. The summed E-state index contributed by atoms with van der Waals surface area (Å²) in [5.74, 6) is 0.694. The lowest BCUT2D eigenvalue weighted by Crippen LogP contribution is -2.11. The fourth-order valence-corrected chi connectivity index (χ4v) is 6.19. The first-order chi connectivity index (χ1) is 18.2. The number of phenolic OH excluding ortho intramolecular Hbond substituents is 1. The van der Waals surface area contributed by atoms with Crippen LogP contribution in [0.5, 0.6) is 5.75 Å². The van der Waals surface area contributed by atoms with Gasteiger partial charge in [-0.2, -0.15) is 0 Å². The molecular weight excluding hydrogens is 448 g/mol. The molecule has 0 spiro atoms. The lowest BCUT2D eigenvalue weighted by atomic mass is 9.81. The molecule has 0 bridgehead atoms. The molecular formula is C36H66O. The topological polar surface area (TPSA) is 20.2 Å². The molecule has 1 heteroatoms. The van der Waals surface area contributed by atoms with E-state index in [2.05, 4.69) is 34.6 Å². The highest BCUT2D eigenvalue weighted by molar-refractivity contribution is 5.56. The molecule has 1 rings (SSSR count). The first kappa shape index (κ1) is 34.0. The molecule has 0 aliphatic rings. The molecule has 0 saturated carbocycles. The largest absolute Gasteiger partial charge is 0.507 e. The van der Waals surface area contributed by atoms with E-state index in [1.807, 2.05) is 0 Å². The number of rotatable bonds is 25. The van der Waals surface area contributed by atoms with Gasteiger partial charge in [-0.05, 0) is 85.6 Å². The van der Waals surface area contributed by atoms with Gasteiger partial charge in [0.2, 0.25) is 0 Å². The maximum Gasteiger partial charge on any atom is 0.122 e. The normalized spacial score (nSPS) is 11.5. The molecule has 1 aromatic rings. The third-order valence-corrected chi connectivity index (χ3v) is 8.50. The molecule has 0 aliphatic carbocycles. The van der Waals surface area contributed by atoms with E-state index in [1.165, 1.54) is 159 Å². The van der Waals surface area contributed by atoms with Crippen LogP contribution in [0.4, 0.5) is 0 Å². The Labute approximate surface area is 233 Å². The van der Waals surface area contributed by atoms with E-state index in [0.29, 0.717) is 5.75 Å². The molecule has 0 heterocycles.